The monoisotopic (exact) mass is 2010 g/mol. The minimum Gasteiger partial charge on any atom is -0.307 e. The molecule has 0 bridgehead atoms. The molecule has 0 atom stereocenters. The Morgan fingerprint density at radius 2 is 0.347 bits per heavy atom. The zero-order chi connectivity index (χ0) is 175. The van der Waals surface area contributed by atoms with Crippen LogP contribution in [0, 0.1) is 0 Å². The van der Waals surface area contributed by atoms with E-state index in [0.29, 0.717) is 0 Å². The Labute approximate surface area is 983 Å². The number of hydrogen-bond donors (Lipinski definition) is 0. The predicted molar refractivity (Wildman–Crippen MR) is 614 cm³/mol. The second-order valence-corrected chi connectivity index (χ2v) is 31.0. The molecule has 30 rings (SSSR count). The summed E-state index contributed by atoms with van der Waals surface area (Å²) < 4.78 is 780. The molecular formula is C135H87N15. The van der Waals surface area contributed by atoms with E-state index in [9.17, 15) is 35.6 Å². The highest BCUT2D eigenvalue weighted by Crippen LogP contribution is 2.48. The van der Waals surface area contributed by atoms with Gasteiger partial charge in [0.2, 0.25) is 17.8 Å². The number of hydrogen-bond acceptors (Lipinski definition) is 9. The molecule has 0 spiro atoms. The van der Waals surface area contributed by atoms with Crippen LogP contribution in [-0.2, 0) is 0 Å². The van der Waals surface area contributed by atoms with E-state index in [1.54, 1.807) is 0 Å². The maximum absolute atomic E-state index is 9.81. The summed E-state index contributed by atoms with van der Waals surface area (Å²) in [7, 11) is 0. The molecule has 702 valence electrons. The van der Waals surface area contributed by atoms with E-state index in [1.165, 1.54) is 0 Å². The fourth-order valence-corrected chi connectivity index (χ4v) is 16.8. The van der Waals surface area contributed by atoms with E-state index in [1.807, 2.05) is 0 Å². The lowest BCUT2D eigenvalue weighted by molar-refractivity contribution is 0.953. The second-order valence-electron chi connectivity index (χ2n) is 31.0. The predicted octanol–water partition coefficient (Wildman–Crippen LogP) is 33.2. The highest BCUT2D eigenvalue weighted by molar-refractivity contribution is 6.27. The van der Waals surface area contributed by atoms with Gasteiger partial charge in [0, 0.05) is 115 Å². The molecule has 0 radical (unpaired) electrons. The first-order valence-electron chi connectivity index (χ1n) is 86.8. The maximum atomic E-state index is 9.81. The van der Waals surface area contributed by atoms with Crippen molar-refractivity contribution in [3.8, 4) is 137 Å². The summed E-state index contributed by atoms with van der Waals surface area (Å²) in [5.74, 6) is -8.25. The van der Waals surface area contributed by atoms with Gasteiger partial charge in [-0.3, -0.25) is 13.7 Å². The summed E-state index contributed by atoms with van der Waals surface area (Å²) in [6.07, 6.45) is 0. The fourth-order valence-electron chi connectivity index (χ4n) is 16.8. The minimum atomic E-state index is -1.11. The molecule has 9 aromatic heterocycles. The van der Waals surface area contributed by atoms with Gasteiger partial charge in [0.25, 0.3) is 0 Å². The van der Waals surface area contributed by atoms with Gasteiger partial charge < -0.3 is 13.7 Å². The van der Waals surface area contributed by atoms with Crippen LogP contribution < -0.4 is 0 Å². The molecule has 0 saturated heterocycles. The molecule has 0 aliphatic carbocycles. The normalized spacial score (nSPS) is 19.7. The Kier molecular flexibility index (Phi) is 8.89. The van der Waals surface area contributed by atoms with Crippen molar-refractivity contribution < 1.29 is 119 Å². The van der Waals surface area contributed by atoms with Gasteiger partial charge in [-0.05, 0) is 94.3 Å². The van der Waals surface area contributed by atoms with Gasteiger partial charge in [-0.15, -0.1) is 0 Å². The highest BCUT2D eigenvalue weighted by Gasteiger charge is 2.30. The van der Waals surface area contributed by atoms with Crippen LogP contribution >= 0.6 is 0 Å². The molecule has 15 nitrogen and oxygen atoms in total. The maximum Gasteiger partial charge on any atom is 0.238 e. The second kappa shape index (κ2) is 37.0. The van der Waals surface area contributed by atoms with Gasteiger partial charge in [0.15, 0.2) is 34.9 Å². The number of para-hydroxylation sites is 7. The van der Waals surface area contributed by atoms with Gasteiger partial charge >= 0.3 is 0 Å². The van der Waals surface area contributed by atoms with Crippen LogP contribution in [0.15, 0.2) is 526 Å². The standard InChI is InChI=1S/3C45H29N5/c1-4-16-30(17-5-1)33-22-10-13-25-38(33)49-39-26-14-11-23-34(39)36-28-29-37-35-24-12-15-27-40(35)50(42(37)41(36)49)45-47-43(31-18-6-2-7-19-31)46-44(48-45)32-20-8-3-9-21-32;1-4-15-30(16-5-1)33-21-14-22-34(29-33)49-39-25-12-10-23-35(39)37-27-28-38-36-24-11-13-26-40(36)50(42(38)41(37)49)45-47-43(31-17-6-2-7-18-31)46-44(48-45)32-19-8-3-9-20-32;1-4-14-30(15-5-1)31-24-26-34(27-25-31)49-39-22-12-10-20-35(39)37-28-29-38-36-21-11-13-23-40(36)50(42(38)41(37)49)45-47-43(32-16-6-2-7-17-32)46-44(48-45)33-18-8-3-9-19-33/h3*1-29H/i3*1D,2D,3D,4D,5D,6D,7D,8D,9D,10D,11D,12D,13D,14D,15D,16D,17D,18D,19D,20D,21D,22D,23D,24D,25D,26D,27D,28D,29D. The SMILES string of the molecule is [2H]c1c([2H])c([2H])c(-c2nc(-c3c([2H])c([2H])c([2H])c([2H])c3[2H])nc(-n3c4c([2H])c([2H])c([2H])c([2H])c4c4c([2H])c([2H])c5c6c([2H])c([2H])c([2H])c([2H])c6n(-c6c([2H])c([2H])c(-c7c([2H])c([2H])c([2H])c([2H])c7[2H])c([2H])c6[2H])c5c43)n2)c([2H])c1[2H].[2H]c1c([2H])c([2H])c(-c2nc(-c3c([2H])c([2H])c([2H])c([2H])c3[2H])nc(-n3c4c([2H])c([2H])c([2H])c([2H])c4c4c([2H])c([2H])c5c6c([2H])c([2H])c([2H])c([2H])c6n(-c6c([2H])c([2H])c([2H])c(-c7c([2H])c([2H])c([2H])c([2H])c7[2H])c6[2H])c5c43)n2)c([2H])c1[2H].[2H]c1c([2H])c([2H])c(-c2nc(-c3c([2H])c([2H])c([2H])c([2H])c3[2H])nc(-n3c4c([2H])c([2H])c([2H])c([2H])c4c4c([2H])c([2H])c5c6c([2H])c([2H])c([2H])c([2H])c6n(-c6c([2H])c([2H])c([2H])c([2H])c6-c6c([2H])c([2H])c([2H])c([2H])c6[2H])c5c43)n2)c([2H])c1[2H]. The van der Waals surface area contributed by atoms with Crippen molar-refractivity contribution in [2.45, 2.75) is 0 Å². The van der Waals surface area contributed by atoms with Crippen LogP contribution in [0.1, 0.15) is 119 Å². The van der Waals surface area contributed by atoms with Crippen LogP contribution in [0.25, 0.3) is 267 Å². The van der Waals surface area contributed by atoms with Gasteiger partial charge in [0.1, 0.15) is 0 Å². The summed E-state index contributed by atoms with van der Waals surface area (Å²) in [6, 6.07) is -83.6. The molecule has 0 unspecified atom stereocenters. The van der Waals surface area contributed by atoms with Gasteiger partial charge in [-0.1, -0.05) is 459 Å². The smallest absolute Gasteiger partial charge is 0.238 e. The zero-order valence-corrected chi connectivity index (χ0v) is 74.2. The van der Waals surface area contributed by atoms with Crippen molar-refractivity contribution >= 4 is 131 Å². The molecule has 0 saturated carbocycles. The summed E-state index contributed by atoms with van der Waals surface area (Å²) in [5.41, 5.74) is -21.0. The average molecular weight is 2010 g/mol. The van der Waals surface area contributed by atoms with Crippen LogP contribution in [0.2, 0.25) is 0 Å². The molecule has 0 N–H and O–H groups in total. The lowest BCUT2D eigenvalue weighted by atomic mass is 10.0. The fraction of sp³-hybridized carbons (Fsp3) is 0. The Bertz CT molecular complexity index is 15800. The highest BCUT2D eigenvalue weighted by atomic mass is 15.2. The summed E-state index contributed by atoms with van der Waals surface area (Å²) in [6.45, 7) is 0. The van der Waals surface area contributed by atoms with Crippen molar-refractivity contribution in [2.75, 3.05) is 0 Å². The van der Waals surface area contributed by atoms with Gasteiger partial charge in [0.05, 0.1) is 191 Å². The third-order valence-corrected chi connectivity index (χ3v) is 22.8. The minimum absolute atomic E-state index is 0.608. The van der Waals surface area contributed by atoms with E-state index in [4.69, 9.17) is 83.6 Å². The van der Waals surface area contributed by atoms with Gasteiger partial charge in [-0.2, -0.15) is 29.9 Å². The largest absolute Gasteiger partial charge is 0.307 e. The Hall–Kier alpha value is -20.5. The van der Waals surface area contributed by atoms with E-state index in [-0.39, 0.29) is 0 Å². The molecule has 150 heavy (non-hydrogen) atoms. The number of aromatic nitrogens is 15. The van der Waals surface area contributed by atoms with Crippen molar-refractivity contribution in [1.82, 2.24) is 72.3 Å². The van der Waals surface area contributed by atoms with E-state index >= 15 is 0 Å². The van der Waals surface area contributed by atoms with Crippen LogP contribution in [0.3, 0.4) is 0 Å². The van der Waals surface area contributed by atoms with E-state index in [2.05, 4.69) is 44.9 Å². The molecule has 0 aliphatic heterocycles. The Balaban J connectivity index is 0.000000152. The summed E-state index contributed by atoms with van der Waals surface area (Å²) in [4.78, 5) is 39.7. The third-order valence-electron chi connectivity index (χ3n) is 22.8. The topological polar surface area (TPSA) is 146 Å². The van der Waals surface area contributed by atoms with Crippen LogP contribution in [-0.4, -0.2) is 72.3 Å². The molecule has 30 aromatic rings. The Morgan fingerprint density at radius 3 is 0.653 bits per heavy atom. The molecule has 0 amide bonds. The van der Waals surface area contributed by atoms with E-state index < -0.39 is 793 Å². The number of fused-ring (bicyclic) bond motifs is 21. The zero-order valence-electron chi connectivity index (χ0n) is 161. The third kappa shape index (κ3) is 15.1. The Morgan fingerprint density at radius 1 is 0.133 bits per heavy atom. The first-order valence-corrected chi connectivity index (χ1v) is 43.3. The van der Waals surface area contributed by atoms with Crippen molar-refractivity contribution in [2.24, 2.45) is 0 Å². The molecular weight excluding hydrogens is 1830 g/mol. The number of benzene rings is 21. The van der Waals surface area contributed by atoms with Crippen molar-refractivity contribution in [1.29, 1.82) is 0 Å². The van der Waals surface area contributed by atoms with Crippen LogP contribution in [0.5, 0.6) is 0 Å². The summed E-state index contributed by atoms with van der Waals surface area (Å²) >= 11 is 0. The first-order chi connectivity index (χ1) is 111. The quantitative estimate of drug-likeness (QED) is 0.0979. The lowest BCUT2D eigenvalue weighted by Gasteiger charge is -2.16. The summed E-state index contributed by atoms with van der Waals surface area (Å²) in [5, 5.41) is -7.60. The number of nitrogens with zero attached hydrogens (tertiary/aromatic N) is 15. The molecule has 15 heteroatoms. The van der Waals surface area contributed by atoms with Crippen LogP contribution in [0.4, 0.5) is 0 Å². The van der Waals surface area contributed by atoms with Crippen molar-refractivity contribution in [3.05, 3.63) is 526 Å². The van der Waals surface area contributed by atoms with Crippen molar-refractivity contribution in [3.63, 3.8) is 0 Å². The molecule has 9 heterocycles. The molecule has 21 aromatic carbocycles. The van der Waals surface area contributed by atoms with Gasteiger partial charge in [-0.25, -0.2) is 15.0 Å². The number of rotatable bonds is 15. The molecule has 0 fully saturated rings. The van der Waals surface area contributed by atoms with E-state index in [0.717, 1.165) is 27.4 Å². The molecule has 0 aliphatic rings. The average Bonchev–Trinajstić information content (AvgIpc) is 1.50. The first kappa shape index (κ1) is 36.0. The lowest BCUT2D eigenvalue weighted by Crippen LogP contribution is -2.07.